The lowest BCUT2D eigenvalue weighted by atomic mass is 10.2. The molecule has 1 aromatic rings. The second-order valence-electron chi connectivity index (χ2n) is 3.64. The molecule has 0 saturated heterocycles. The minimum absolute atomic E-state index is 0.234. The van der Waals surface area contributed by atoms with E-state index in [1.165, 1.54) is 12.1 Å². The monoisotopic (exact) mass is 238 g/mol. The van der Waals surface area contributed by atoms with Gasteiger partial charge < -0.3 is 15.7 Å². The van der Waals surface area contributed by atoms with Gasteiger partial charge in [-0.25, -0.2) is 4.79 Å². The third-order valence-electron chi connectivity index (χ3n) is 1.79. The number of nitrogens with one attached hydrogen (secondary N) is 2. The number of hydrogen-bond donors (Lipinski definition) is 3. The number of carboxylic acids is 1. The van der Waals surface area contributed by atoms with Gasteiger partial charge in [0.15, 0.2) is 5.11 Å². The van der Waals surface area contributed by atoms with Gasteiger partial charge in [-0.1, -0.05) is 6.07 Å². The Hall–Kier alpha value is -1.62. The van der Waals surface area contributed by atoms with Crippen LogP contribution >= 0.6 is 12.2 Å². The Kier molecular flexibility index (Phi) is 4.25. The van der Waals surface area contributed by atoms with E-state index in [2.05, 4.69) is 10.6 Å². The van der Waals surface area contributed by atoms with Gasteiger partial charge in [0.1, 0.15) is 0 Å². The van der Waals surface area contributed by atoms with Crippen LogP contribution in [0.1, 0.15) is 24.2 Å². The number of anilines is 1. The lowest BCUT2D eigenvalue weighted by Gasteiger charge is -2.13. The molecule has 0 bridgehead atoms. The fourth-order valence-corrected chi connectivity index (χ4v) is 1.51. The van der Waals surface area contributed by atoms with Crippen LogP contribution in [-0.4, -0.2) is 22.2 Å². The number of thiocarbonyl (C=S) groups is 1. The Labute approximate surface area is 99.7 Å². The van der Waals surface area contributed by atoms with E-state index in [0.717, 1.165) is 0 Å². The molecular formula is C11H14N2O2S. The Morgan fingerprint density at radius 2 is 2.12 bits per heavy atom. The molecule has 0 aliphatic rings. The summed E-state index contributed by atoms with van der Waals surface area (Å²) < 4.78 is 0. The van der Waals surface area contributed by atoms with E-state index in [9.17, 15) is 4.79 Å². The van der Waals surface area contributed by atoms with E-state index in [-0.39, 0.29) is 11.6 Å². The largest absolute Gasteiger partial charge is 0.478 e. The third-order valence-corrected chi connectivity index (χ3v) is 2.01. The van der Waals surface area contributed by atoms with E-state index < -0.39 is 5.97 Å². The molecule has 0 aromatic heterocycles. The highest BCUT2D eigenvalue weighted by Crippen LogP contribution is 2.10. The molecule has 0 amide bonds. The Morgan fingerprint density at radius 1 is 1.44 bits per heavy atom. The maximum atomic E-state index is 10.7. The Balaban J connectivity index is 2.70. The number of rotatable bonds is 3. The third kappa shape index (κ3) is 3.86. The van der Waals surface area contributed by atoms with Gasteiger partial charge in [0.05, 0.1) is 5.56 Å². The number of hydrogen-bond acceptors (Lipinski definition) is 2. The van der Waals surface area contributed by atoms with Crippen molar-refractivity contribution in [2.75, 3.05) is 5.32 Å². The smallest absolute Gasteiger partial charge is 0.335 e. The zero-order chi connectivity index (χ0) is 12.1. The van der Waals surface area contributed by atoms with Gasteiger partial charge >= 0.3 is 5.97 Å². The Morgan fingerprint density at radius 3 is 2.69 bits per heavy atom. The first-order valence-electron chi connectivity index (χ1n) is 4.90. The molecular weight excluding hydrogens is 224 g/mol. The van der Waals surface area contributed by atoms with Crippen LogP contribution in [0.5, 0.6) is 0 Å². The maximum Gasteiger partial charge on any atom is 0.335 e. The summed E-state index contributed by atoms with van der Waals surface area (Å²) in [7, 11) is 0. The van der Waals surface area contributed by atoms with E-state index >= 15 is 0 Å². The number of aromatic carboxylic acids is 1. The van der Waals surface area contributed by atoms with Crippen molar-refractivity contribution >= 4 is 29.0 Å². The van der Waals surface area contributed by atoms with Crippen molar-refractivity contribution in [1.82, 2.24) is 5.32 Å². The molecule has 1 aromatic carbocycles. The summed E-state index contributed by atoms with van der Waals surface area (Å²) in [5.74, 6) is -0.952. The van der Waals surface area contributed by atoms with Crippen molar-refractivity contribution in [3.05, 3.63) is 29.8 Å². The van der Waals surface area contributed by atoms with E-state index in [1.54, 1.807) is 12.1 Å². The highest BCUT2D eigenvalue weighted by atomic mass is 32.1. The molecule has 0 saturated carbocycles. The predicted octanol–water partition coefficient (Wildman–Crippen LogP) is 2.08. The molecule has 4 nitrogen and oxygen atoms in total. The summed E-state index contributed by atoms with van der Waals surface area (Å²) in [4.78, 5) is 10.7. The zero-order valence-electron chi connectivity index (χ0n) is 9.15. The topological polar surface area (TPSA) is 61.4 Å². The quantitative estimate of drug-likeness (QED) is 0.704. The van der Waals surface area contributed by atoms with Crippen LogP contribution in [0.2, 0.25) is 0 Å². The summed E-state index contributed by atoms with van der Waals surface area (Å²) in [6.45, 7) is 3.95. The van der Waals surface area contributed by atoms with Crippen molar-refractivity contribution in [3.63, 3.8) is 0 Å². The molecule has 86 valence electrons. The number of carboxylic acid groups (broad SMARTS) is 1. The SMILES string of the molecule is CC(C)NC(=S)Nc1cccc(C(=O)O)c1. The van der Waals surface area contributed by atoms with Crippen LogP contribution in [0.25, 0.3) is 0 Å². The minimum atomic E-state index is -0.952. The molecule has 0 atom stereocenters. The summed E-state index contributed by atoms with van der Waals surface area (Å²) in [5.41, 5.74) is 0.899. The average molecular weight is 238 g/mol. The zero-order valence-corrected chi connectivity index (χ0v) is 9.97. The normalized spacial score (nSPS) is 9.94. The van der Waals surface area contributed by atoms with Gasteiger partial charge in [0.2, 0.25) is 0 Å². The number of carbonyl (C=O) groups is 1. The first kappa shape index (κ1) is 12.4. The second-order valence-corrected chi connectivity index (χ2v) is 4.05. The maximum absolute atomic E-state index is 10.7. The highest BCUT2D eigenvalue weighted by molar-refractivity contribution is 7.80. The van der Waals surface area contributed by atoms with E-state index in [1.807, 2.05) is 13.8 Å². The van der Waals surface area contributed by atoms with Crippen molar-refractivity contribution in [1.29, 1.82) is 0 Å². The second kappa shape index (κ2) is 5.46. The van der Waals surface area contributed by atoms with Gasteiger partial charge in [0, 0.05) is 11.7 Å². The molecule has 0 heterocycles. The van der Waals surface area contributed by atoms with Gasteiger partial charge in [-0.3, -0.25) is 0 Å². The van der Waals surface area contributed by atoms with Crippen molar-refractivity contribution in [3.8, 4) is 0 Å². The molecule has 16 heavy (non-hydrogen) atoms. The van der Waals surface area contributed by atoms with E-state index in [4.69, 9.17) is 17.3 Å². The van der Waals surface area contributed by atoms with Crippen molar-refractivity contribution < 1.29 is 9.90 Å². The van der Waals surface area contributed by atoms with Crippen LogP contribution in [-0.2, 0) is 0 Å². The van der Waals surface area contributed by atoms with Crippen LogP contribution < -0.4 is 10.6 Å². The predicted molar refractivity (Wildman–Crippen MR) is 67.9 cm³/mol. The van der Waals surface area contributed by atoms with Crippen molar-refractivity contribution in [2.24, 2.45) is 0 Å². The van der Waals surface area contributed by atoms with Crippen LogP contribution in [0.3, 0.4) is 0 Å². The summed E-state index contributed by atoms with van der Waals surface area (Å²) in [5, 5.41) is 15.2. The molecule has 0 radical (unpaired) electrons. The molecule has 0 aliphatic heterocycles. The molecule has 0 fully saturated rings. The summed E-state index contributed by atoms with van der Waals surface area (Å²) in [6, 6.07) is 6.75. The van der Waals surface area contributed by atoms with E-state index in [0.29, 0.717) is 10.8 Å². The Bertz CT molecular complexity index is 405. The lowest BCUT2D eigenvalue weighted by Crippen LogP contribution is -2.33. The van der Waals surface area contributed by atoms with Crippen LogP contribution in [0, 0.1) is 0 Å². The van der Waals surface area contributed by atoms with Gasteiger partial charge in [-0.2, -0.15) is 0 Å². The van der Waals surface area contributed by atoms with Gasteiger partial charge in [-0.15, -0.1) is 0 Å². The highest BCUT2D eigenvalue weighted by Gasteiger charge is 2.04. The molecule has 0 spiro atoms. The minimum Gasteiger partial charge on any atom is -0.478 e. The molecule has 0 aliphatic carbocycles. The molecule has 1 rings (SSSR count). The summed E-state index contributed by atoms with van der Waals surface area (Å²) >= 11 is 5.05. The lowest BCUT2D eigenvalue weighted by molar-refractivity contribution is 0.0697. The van der Waals surface area contributed by atoms with Crippen molar-refractivity contribution in [2.45, 2.75) is 19.9 Å². The average Bonchev–Trinajstić information content (AvgIpc) is 2.16. The first-order chi connectivity index (χ1) is 7.49. The number of benzene rings is 1. The molecule has 5 heteroatoms. The van der Waals surface area contributed by atoms with Crippen LogP contribution in [0.4, 0.5) is 5.69 Å². The van der Waals surface area contributed by atoms with Gasteiger partial charge in [0.25, 0.3) is 0 Å². The summed E-state index contributed by atoms with van der Waals surface area (Å²) in [6.07, 6.45) is 0. The fourth-order valence-electron chi connectivity index (χ4n) is 1.16. The van der Waals surface area contributed by atoms with Gasteiger partial charge in [-0.05, 0) is 44.3 Å². The fraction of sp³-hybridized carbons (Fsp3) is 0.273. The first-order valence-corrected chi connectivity index (χ1v) is 5.30. The molecule has 0 unspecified atom stereocenters. The standard InChI is InChI=1S/C11H14N2O2S/c1-7(2)12-11(16)13-9-5-3-4-8(6-9)10(14)15/h3-7H,1-2H3,(H,14,15)(H2,12,13,16). The molecule has 3 N–H and O–H groups in total. The van der Waals surface area contributed by atoms with Crippen LogP contribution in [0.15, 0.2) is 24.3 Å².